The summed E-state index contributed by atoms with van der Waals surface area (Å²) < 4.78 is 10.4. The largest absolute Gasteiger partial charge is 0.480 e. The number of ether oxygens (including phenoxy) is 2. The van der Waals surface area contributed by atoms with E-state index < -0.39 is 23.5 Å². The van der Waals surface area contributed by atoms with E-state index in [1.807, 2.05) is 6.07 Å². The van der Waals surface area contributed by atoms with Gasteiger partial charge in [0.25, 0.3) is 5.91 Å². The molecular weight excluding hydrogens is 274 g/mol. The Morgan fingerprint density at radius 3 is 2.43 bits per heavy atom. The fraction of sp³-hybridized carbons (Fsp3) is 0.467. The fourth-order valence-corrected chi connectivity index (χ4v) is 2.44. The molecule has 21 heavy (non-hydrogen) atoms. The molecule has 1 aromatic rings. The fourth-order valence-electron chi connectivity index (χ4n) is 2.44. The van der Waals surface area contributed by atoms with Crippen LogP contribution in [0.25, 0.3) is 0 Å². The van der Waals surface area contributed by atoms with E-state index in [9.17, 15) is 14.7 Å². The van der Waals surface area contributed by atoms with Crippen LogP contribution in [0.15, 0.2) is 30.3 Å². The number of amides is 1. The number of carboxylic acid groups (broad SMARTS) is 1. The van der Waals surface area contributed by atoms with Crippen LogP contribution in [0, 0.1) is 0 Å². The summed E-state index contributed by atoms with van der Waals surface area (Å²) in [5.41, 5.74) is -0.592. The van der Waals surface area contributed by atoms with E-state index in [1.54, 1.807) is 24.3 Å². The van der Waals surface area contributed by atoms with Crippen LogP contribution < -0.4 is 5.32 Å². The second-order valence-electron chi connectivity index (χ2n) is 5.02. The topological polar surface area (TPSA) is 84.9 Å². The molecular formula is C15H19NO5. The van der Waals surface area contributed by atoms with Gasteiger partial charge in [0, 0.05) is 33.2 Å². The lowest BCUT2D eigenvalue weighted by Gasteiger charge is -2.34. The van der Waals surface area contributed by atoms with Crippen LogP contribution >= 0.6 is 0 Å². The molecule has 1 fully saturated rings. The maximum absolute atomic E-state index is 12.4. The second kappa shape index (κ2) is 6.69. The molecule has 1 aliphatic rings. The Labute approximate surface area is 123 Å². The standard InChI is InChI=1S/C15H19NO5/c1-20-12(11-5-3-2-4-6-11)13(17)16-15(14(18)19)7-9-21-10-8-15/h2-6,12H,7-10H2,1H3,(H,16,17)(H,18,19). The van der Waals surface area contributed by atoms with Crippen molar-refractivity contribution in [3.8, 4) is 0 Å². The molecule has 0 bridgehead atoms. The van der Waals surface area contributed by atoms with Crippen molar-refractivity contribution in [2.24, 2.45) is 0 Å². The van der Waals surface area contributed by atoms with Crippen molar-refractivity contribution in [1.82, 2.24) is 5.32 Å². The average molecular weight is 293 g/mol. The molecule has 1 amide bonds. The van der Waals surface area contributed by atoms with E-state index in [4.69, 9.17) is 9.47 Å². The van der Waals surface area contributed by atoms with E-state index in [0.29, 0.717) is 18.8 Å². The third-order valence-corrected chi connectivity index (χ3v) is 3.69. The number of carbonyl (C=O) groups excluding carboxylic acids is 1. The lowest BCUT2D eigenvalue weighted by molar-refractivity contribution is -0.154. The van der Waals surface area contributed by atoms with E-state index in [2.05, 4.69) is 5.32 Å². The summed E-state index contributed by atoms with van der Waals surface area (Å²) in [7, 11) is 1.43. The average Bonchev–Trinajstić information content (AvgIpc) is 2.50. The number of methoxy groups -OCH3 is 1. The number of hydrogen-bond acceptors (Lipinski definition) is 4. The van der Waals surface area contributed by atoms with E-state index in [0.717, 1.165) is 0 Å². The van der Waals surface area contributed by atoms with Gasteiger partial charge in [-0.2, -0.15) is 0 Å². The smallest absolute Gasteiger partial charge is 0.329 e. The molecule has 1 saturated heterocycles. The minimum atomic E-state index is -1.28. The number of carboxylic acids is 1. The first-order valence-corrected chi connectivity index (χ1v) is 6.80. The molecule has 1 heterocycles. The maximum Gasteiger partial charge on any atom is 0.329 e. The monoisotopic (exact) mass is 293 g/mol. The molecule has 0 saturated carbocycles. The van der Waals surface area contributed by atoms with Gasteiger partial charge in [0.1, 0.15) is 5.54 Å². The highest BCUT2D eigenvalue weighted by Gasteiger charge is 2.42. The molecule has 0 radical (unpaired) electrons. The Morgan fingerprint density at radius 1 is 1.29 bits per heavy atom. The molecule has 1 aromatic carbocycles. The summed E-state index contributed by atoms with van der Waals surface area (Å²) in [6, 6.07) is 8.98. The number of rotatable bonds is 5. The predicted molar refractivity (Wildman–Crippen MR) is 74.8 cm³/mol. The molecule has 1 atom stereocenters. The van der Waals surface area contributed by atoms with E-state index >= 15 is 0 Å². The van der Waals surface area contributed by atoms with E-state index in [1.165, 1.54) is 7.11 Å². The molecule has 0 aliphatic carbocycles. The van der Waals surface area contributed by atoms with E-state index in [-0.39, 0.29) is 12.8 Å². The van der Waals surface area contributed by atoms with Gasteiger partial charge in [-0.15, -0.1) is 0 Å². The number of benzene rings is 1. The lowest BCUT2D eigenvalue weighted by atomic mass is 9.89. The number of aliphatic carboxylic acids is 1. The molecule has 114 valence electrons. The summed E-state index contributed by atoms with van der Waals surface area (Å²) >= 11 is 0. The van der Waals surface area contributed by atoms with Gasteiger partial charge in [-0.3, -0.25) is 4.79 Å². The van der Waals surface area contributed by atoms with Crippen molar-refractivity contribution in [2.75, 3.05) is 20.3 Å². The Kier molecular flexibility index (Phi) is 4.93. The minimum absolute atomic E-state index is 0.249. The van der Waals surface area contributed by atoms with Gasteiger partial charge in [-0.05, 0) is 5.56 Å². The van der Waals surface area contributed by atoms with Crippen LogP contribution in [0.3, 0.4) is 0 Å². The third kappa shape index (κ3) is 3.40. The number of carbonyl (C=O) groups is 2. The summed E-state index contributed by atoms with van der Waals surface area (Å²) in [6.45, 7) is 0.630. The molecule has 6 nitrogen and oxygen atoms in total. The van der Waals surface area contributed by atoms with Crippen molar-refractivity contribution in [2.45, 2.75) is 24.5 Å². The zero-order valence-electron chi connectivity index (χ0n) is 11.9. The number of hydrogen-bond donors (Lipinski definition) is 2. The molecule has 1 aliphatic heterocycles. The first-order chi connectivity index (χ1) is 10.1. The van der Waals surface area contributed by atoms with Crippen molar-refractivity contribution in [1.29, 1.82) is 0 Å². The van der Waals surface area contributed by atoms with Crippen LogP contribution in [0.4, 0.5) is 0 Å². The Balaban J connectivity index is 2.16. The molecule has 6 heteroatoms. The highest BCUT2D eigenvalue weighted by molar-refractivity contribution is 5.89. The maximum atomic E-state index is 12.4. The molecule has 2 N–H and O–H groups in total. The lowest BCUT2D eigenvalue weighted by Crippen LogP contribution is -2.58. The Morgan fingerprint density at radius 2 is 1.90 bits per heavy atom. The van der Waals surface area contributed by atoms with Crippen LogP contribution in [-0.4, -0.2) is 42.8 Å². The quantitative estimate of drug-likeness (QED) is 0.850. The van der Waals surface area contributed by atoms with Crippen LogP contribution in [0.5, 0.6) is 0 Å². The van der Waals surface area contributed by atoms with Gasteiger partial charge in [0.2, 0.25) is 0 Å². The van der Waals surface area contributed by atoms with Gasteiger partial charge < -0.3 is 19.9 Å². The first-order valence-electron chi connectivity index (χ1n) is 6.80. The van der Waals surface area contributed by atoms with Crippen molar-refractivity contribution < 1.29 is 24.2 Å². The minimum Gasteiger partial charge on any atom is -0.480 e. The molecule has 0 aromatic heterocycles. The Bertz CT molecular complexity index is 496. The molecule has 1 unspecified atom stereocenters. The highest BCUT2D eigenvalue weighted by Crippen LogP contribution is 2.24. The molecule has 2 rings (SSSR count). The second-order valence-corrected chi connectivity index (χ2v) is 5.02. The van der Waals surface area contributed by atoms with Gasteiger partial charge in [0.15, 0.2) is 6.10 Å². The first kappa shape index (κ1) is 15.5. The third-order valence-electron chi connectivity index (χ3n) is 3.69. The summed E-state index contributed by atoms with van der Waals surface area (Å²) in [6.07, 6.45) is -0.330. The van der Waals surface area contributed by atoms with Crippen LogP contribution in [-0.2, 0) is 19.1 Å². The van der Waals surface area contributed by atoms with Gasteiger partial charge in [-0.25, -0.2) is 4.79 Å². The predicted octanol–water partition coefficient (Wildman–Crippen LogP) is 1.12. The Hall–Kier alpha value is -1.92. The summed E-state index contributed by atoms with van der Waals surface area (Å²) in [4.78, 5) is 24.0. The van der Waals surface area contributed by atoms with Crippen molar-refractivity contribution in [3.05, 3.63) is 35.9 Å². The summed E-state index contributed by atoms with van der Waals surface area (Å²) in [5.74, 6) is -1.49. The SMILES string of the molecule is COC(C(=O)NC1(C(=O)O)CCOCC1)c1ccccc1. The van der Waals surface area contributed by atoms with Crippen molar-refractivity contribution >= 4 is 11.9 Å². The van der Waals surface area contributed by atoms with Gasteiger partial charge in [-0.1, -0.05) is 30.3 Å². The van der Waals surface area contributed by atoms with Gasteiger partial charge in [0.05, 0.1) is 0 Å². The normalized spacial score (nSPS) is 18.7. The van der Waals surface area contributed by atoms with Gasteiger partial charge >= 0.3 is 5.97 Å². The van der Waals surface area contributed by atoms with Crippen molar-refractivity contribution in [3.63, 3.8) is 0 Å². The molecule has 0 spiro atoms. The zero-order valence-corrected chi connectivity index (χ0v) is 11.9. The van der Waals surface area contributed by atoms with Crippen LogP contribution in [0.2, 0.25) is 0 Å². The zero-order chi connectivity index (χ0) is 15.3. The highest BCUT2D eigenvalue weighted by atomic mass is 16.5. The van der Waals surface area contributed by atoms with Crippen LogP contribution in [0.1, 0.15) is 24.5 Å². The number of nitrogens with one attached hydrogen (secondary N) is 1. The summed E-state index contributed by atoms with van der Waals surface area (Å²) in [5, 5.41) is 12.1.